The third-order valence-electron chi connectivity index (χ3n) is 2.69. The lowest BCUT2D eigenvalue weighted by atomic mass is 10.0. The molecule has 0 amide bonds. The molecule has 13 heavy (non-hydrogen) atoms. The van der Waals surface area contributed by atoms with Crippen LogP contribution >= 0.6 is 0 Å². The summed E-state index contributed by atoms with van der Waals surface area (Å²) in [5.41, 5.74) is 0.111. The molecule has 1 atom stereocenters. The van der Waals surface area contributed by atoms with E-state index in [-0.39, 0.29) is 5.54 Å². The first kappa shape index (κ1) is 12.9. The normalized spacial score (nSPS) is 16.6. The number of hydrogen-bond donors (Lipinski definition) is 0. The van der Waals surface area contributed by atoms with E-state index in [9.17, 15) is 0 Å². The van der Waals surface area contributed by atoms with Crippen molar-refractivity contribution in [3.8, 4) is 0 Å². The quantitative estimate of drug-likeness (QED) is 0.616. The zero-order valence-corrected chi connectivity index (χ0v) is 9.92. The smallest absolute Gasteiger partial charge is 0.0656 e. The average Bonchev–Trinajstić information content (AvgIpc) is 2.04. The Morgan fingerprint density at radius 3 is 2.08 bits per heavy atom. The molecule has 0 aromatic heterocycles. The topological polar surface area (TPSA) is 15.7 Å². The second-order valence-corrected chi connectivity index (χ2v) is 4.15. The highest BCUT2D eigenvalue weighted by Gasteiger charge is 2.27. The number of nitrogens with zero attached hydrogens (tertiary/aromatic N) is 2. The van der Waals surface area contributed by atoms with Gasteiger partial charge in [-0.05, 0) is 34.6 Å². The zero-order valence-electron chi connectivity index (χ0n) is 9.92. The SMILES string of the molecule is CCN(C)CC(C)(COC)N(C)C. The molecule has 0 aliphatic carbocycles. The summed E-state index contributed by atoms with van der Waals surface area (Å²) < 4.78 is 5.25. The Hall–Kier alpha value is -0.120. The maximum atomic E-state index is 5.25. The van der Waals surface area contributed by atoms with Gasteiger partial charge in [0.15, 0.2) is 0 Å². The van der Waals surface area contributed by atoms with E-state index in [0.29, 0.717) is 0 Å². The Bertz CT molecular complexity index is 139. The maximum Gasteiger partial charge on any atom is 0.0656 e. The molecule has 0 aliphatic heterocycles. The van der Waals surface area contributed by atoms with Gasteiger partial charge in [-0.2, -0.15) is 0 Å². The van der Waals surface area contributed by atoms with Crippen molar-refractivity contribution < 1.29 is 4.74 Å². The van der Waals surface area contributed by atoms with Crippen LogP contribution in [-0.4, -0.2) is 63.3 Å². The summed E-state index contributed by atoms with van der Waals surface area (Å²) >= 11 is 0. The molecule has 0 rings (SSSR count). The Balaban J connectivity index is 4.23. The van der Waals surface area contributed by atoms with Gasteiger partial charge in [0.25, 0.3) is 0 Å². The lowest BCUT2D eigenvalue weighted by Gasteiger charge is -2.38. The molecular weight excluding hydrogens is 164 g/mol. The molecule has 3 heteroatoms. The second kappa shape index (κ2) is 5.58. The Morgan fingerprint density at radius 2 is 1.77 bits per heavy atom. The molecule has 0 aromatic rings. The van der Waals surface area contributed by atoms with Crippen LogP contribution in [0.4, 0.5) is 0 Å². The van der Waals surface area contributed by atoms with Crippen molar-refractivity contribution in [2.45, 2.75) is 19.4 Å². The summed E-state index contributed by atoms with van der Waals surface area (Å²) in [6.07, 6.45) is 0. The van der Waals surface area contributed by atoms with Crippen LogP contribution in [0.2, 0.25) is 0 Å². The van der Waals surface area contributed by atoms with E-state index in [1.54, 1.807) is 7.11 Å². The van der Waals surface area contributed by atoms with Gasteiger partial charge in [-0.25, -0.2) is 0 Å². The van der Waals surface area contributed by atoms with Crippen LogP contribution in [0.5, 0.6) is 0 Å². The monoisotopic (exact) mass is 188 g/mol. The summed E-state index contributed by atoms with van der Waals surface area (Å²) in [5, 5.41) is 0. The average molecular weight is 188 g/mol. The van der Waals surface area contributed by atoms with E-state index in [4.69, 9.17) is 4.74 Å². The molecule has 0 heterocycles. The molecule has 0 fully saturated rings. The Kier molecular flexibility index (Phi) is 5.53. The minimum absolute atomic E-state index is 0.111. The summed E-state index contributed by atoms with van der Waals surface area (Å²) in [7, 11) is 8.09. The van der Waals surface area contributed by atoms with E-state index >= 15 is 0 Å². The highest BCUT2D eigenvalue weighted by atomic mass is 16.5. The fourth-order valence-corrected chi connectivity index (χ4v) is 1.32. The Morgan fingerprint density at radius 1 is 1.23 bits per heavy atom. The van der Waals surface area contributed by atoms with Crippen molar-refractivity contribution >= 4 is 0 Å². The van der Waals surface area contributed by atoms with Crippen molar-refractivity contribution in [3.05, 3.63) is 0 Å². The van der Waals surface area contributed by atoms with Crippen molar-refractivity contribution in [1.29, 1.82) is 0 Å². The first-order chi connectivity index (χ1) is 5.96. The van der Waals surface area contributed by atoms with Crippen LogP contribution in [0.15, 0.2) is 0 Å². The highest BCUT2D eigenvalue weighted by Crippen LogP contribution is 2.12. The van der Waals surface area contributed by atoms with Crippen molar-refractivity contribution in [2.75, 3.05) is 47.9 Å². The molecule has 0 aliphatic rings. The molecule has 1 unspecified atom stereocenters. The molecule has 0 saturated carbocycles. The van der Waals surface area contributed by atoms with E-state index < -0.39 is 0 Å². The number of rotatable bonds is 6. The summed E-state index contributed by atoms with van der Waals surface area (Å²) in [4.78, 5) is 4.53. The van der Waals surface area contributed by atoms with Crippen LogP contribution in [0.3, 0.4) is 0 Å². The van der Waals surface area contributed by atoms with Crippen molar-refractivity contribution in [2.24, 2.45) is 0 Å². The number of ether oxygens (including phenoxy) is 1. The van der Waals surface area contributed by atoms with Gasteiger partial charge in [0, 0.05) is 13.7 Å². The molecule has 0 saturated heterocycles. The van der Waals surface area contributed by atoms with E-state index in [1.807, 2.05) is 0 Å². The van der Waals surface area contributed by atoms with Crippen molar-refractivity contribution in [3.63, 3.8) is 0 Å². The summed E-state index contributed by atoms with van der Waals surface area (Å²) in [6, 6.07) is 0. The predicted molar refractivity (Wildman–Crippen MR) is 57.1 cm³/mol. The van der Waals surface area contributed by atoms with Crippen LogP contribution in [0, 0.1) is 0 Å². The fourth-order valence-electron chi connectivity index (χ4n) is 1.32. The summed E-state index contributed by atoms with van der Waals surface area (Å²) in [5.74, 6) is 0. The summed E-state index contributed by atoms with van der Waals surface area (Å²) in [6.45, 7) is 7.27. The molecule has 3 nitrogen and oxygen atoms in total. The van der Waals surface area contributed by atoms with Crippen LogP contribution in [0.25, 0.3) is 0 Å². The lowest BCUT2D eigenvalue weighted by Crippen LogP contribution is -2.52. The molecule has 0 aromatic carbocycles. The van der Waals surface area contributed by atoms with Gasteiger partial charge in [-0.15, -0.1) is 0 Å². The number of methoxy groups -OCH3 is 1. The minimum Gasteiger partial charge on any atom is -0.383 e. The third kappa shape index (κ3) is 4.07. The van der Waals surface area contributed by atoms with Gasteiger partial charge in [-0.3, -0.25) is 0 Å². The van der Waals surface area contributed by atoms with Gasteiger partial charge >= 0.3 is 0 Å². The number of hydrogen-bond acceptors (Lipinski definition) is 3. The van der Waals surface area contributed by atoms with Gasteiger partial charge in [-0.1, -0.05) is 6.92 Å². The highest BCUT2D eigenvalue weighted by molar-refractivity contribution is 4.85. The molecule has 0 bridgehead atoms. The second-order valence-electron chi connectivity index (χ2n) is 4.15. The van der Waals surface area contributed by atoms with Gasteiger partial charge in [0.05, 0.1) is 12.1 Å². The first-order valence-corrected chi connectivity index (χ1v) is 4.81. The largest absolute Gasteiger partial charge is 0.383 e. The van der Waals surface area contributed by atoms with E-state index in [0.717, 1.165) is 19.7 Å². The molecule has 0 radical (unpaired) electrons. The molecular formula is C10H24N2O. The fraction of sp³-hybridized carbons (Fsp3) is 1.00. The van der Waals surface area contributed by atoms with E-state index in [2.05, 4.69) is 44.8 Å². The van der Waals surface area contributed by atoms with Gasteiger partial charge in [0.1, 0.15) is 0 Å². The molecule has 0 spiro atoms. The molecule has 80 valence electrons. The Labute approximate surface area is 82.7 Å². The number of likely N-dealkylation sites (N-methyl/N-ethyl adjacent to an activating group) is 2. The van der Waals surface area contributed by atoms with E-state index in [1.165, 1.54) is 0 Å². The molecule has 0 N–H and O–H groups in total. The minimum atomic E-state index is 0.111. The standard InChI is InChI=1S/C10H24N2O/c1-7-12(5)8-10(2,9-13-6)11(3)4/h7-9H2,1-6H3. The zero-order chi connectivity index (χ0) is 10.5. The lowest BCUT2D eigenvalue weighted by molar-refractivity contribution is 0.0313. The van der Waals surface area contributed by atoms with Crippen LogP contribution < -0.4 is 0 Å². The van der Waals surface area contributed by atoms with Gasteiger partial charge < -0.3 is 14.5 Å². The van der Waals surface area contributed by atoms with Crippen LogP contribution in [-0.2, 0) is 4.74 Å². The maximum absolute atomic E-state index is 5.25. The predicted octanol–water partition coefficient (Wildman–Crippen LogP) is 0.905. The first-order valence-electron chi connectivity index (χ1n) is 4.81. The third-order valence-corrected chi connectivity index (χ3v) is 2.69. The van der Waals surface area contributed by atoms with Gasteiger partial charge in [0.2, 0.25) is 0 Å². The van der Waals surface area contributed by atoms with Crippen molar-refractivity contribution in [1.82, 2.24) is 9.80 Å². The van der Waals surface area contributed by atoms with Crippen LogP contribution in [0.1, 0.15) is 13.8 Å².